The van der Waals surface area contributed by atoms with Crippen LogP contribution in [0.5, 0.6) is 0 Å². The lowest BCUT2D eigenvalue weighted by Gasteiger charge is -2.14. The average Bonchev–Trinajstić information content (AvgIpc) is 3.60. The van der Waals surface area contributed by atoms with E-state index >= 15 is 0 Å². The van der Waals surface area contributed by atoms with E-state index in [9.17, 15) is 4.79 Å². The number of hydrogen-bond donors (Lipinski definition) is 2. The number of nitrogens with one attached hydrogen (secondary N) is 2. The number of amides is 1. The number of thiazole rings is 1. The van der Waals surface area contributed by atoms with Crippen LogP contribution in [-0.4, -0.2) is 37.7 Å². The predicted octanol–water partition coefficient (Wildman–Crippen LogP) is 4.68. The van der Waals surface area contributed by atoms with Gasteiger partial charge in [-0.15, -0.1) is 11.3 Å². The summed E-state index contributed by atoms with van der Waals surface area (Å²) in [5.74, 6) is 0.950. The molecule has 0 bridgehead atoms. The largest absolute Gasteiger partial charge is 0.354 e. The van der Waals surface area contributed by atoms with Crippen molar-refractivity contribution in [1.29, 1.82) is 0 Å². The van der Waals surface area contributed by atoms with Gasteiger partial charge in [0, 0.05) is 30.3 Å². The van der Waals surface area contributed by atoms with Crippen molar-refractivity contribution >= 4 is 29.0 Å². The number of carbonyl (C=O) groups excluding carboxylic acids is 1. The van der Waals surface area contributed by atoms with Gasteiger partial charge in [-0.1, -0.05) is 43.2 Å². The normalized spacial score (nSPS) is 13.9. The van der Waals surface area contributed by atoms with Crippen LogP contribution in [0.1, 0.15) is 42.2 Å². The Balaban J connectivity index is 1.43. The summed E-state index contributed by atoms with van der Waals surface area (Å²) in [6.45, 7) is 0. The highest BCUT2D eigenvalue weighted by Gasteiger charge is 2.23. The van der Waals surface area contributed by atoms with E-state index in [1.165, 1.54) is 12.8 Å². The lowest BCUT2D eigenvalue weighted by atomic mass is 10.2. The van der Waals surface area contributed by atoms with Crippen molar-refractivity contribution < 1.29 is 4.79 Å². The molecule has 1 amide bonds. The van der Waals surface area contributed by atoms with E-state index in [-0.39, 0.29) is 11.9 Å². The first-order valence-corrected chi connectivity index (χ1v) is 11.5. The van der Waals surface area contributed by atoms with Gasteiger partial charge in [0.25, 0.3) is 5.91 Å². The Kier molecular flexibility index (Phi) is 5.64. The van der Waals surface area contributed by atoms with Gasteiger partial charge in [-0.25, -0.2) is 19.6 Å². The first-order chi connectivity index (χ1) is 15.7. The number of aromatic nitrogens is 5. The molecule has 1 saturated carbocycles. The van der Waals surface area contributed by atoms with E-state index in [0.29, 0.717) is 11.6 Å². The van der Waals surface area contributed by atoms with Crippen LogP contribution in [0.4, 0.5) is 11.8 Å². The lowest BCUT2D eigenvalue weighted by Crippen LogP contribution is -2.19. The van der Waals surface area contributed by atoms with Crippen molar-refractivity contribution in [2.45, 2.75) is 31.7 Å². The fourth-order valence-corrected chi connectivity index (χ4v) is 4.75. The molecular formula is C23H23N7OS. The third-order valence-electron chi connectivity index (χ3n) is 5.55. The van der Waals surface area contributed by atoms with Crippen LogP contribution < -0.4 is 10.6 Å². The third kappa shape index (κ3) is 4.11. The summed E-state index contributed by atoms with van der Waals surface area (Å²) >= 11 is 1.59. The minimum atomic E-state index is -0.213. The van der Waals surface area contributed by atoms with Crippen molar-refractivity contribution in [3.8, 4) is 22.0 Å². The number of nitrogens with zero attached hydrogens (tertiary/aromatic N) is 5. The Morgan fingerprint density at radius 2 is 1.91 bits per heavy atom. The molecule has 0 atom stereocenters. The zero-order valence-electron chi connectivity index (χ0n) is 17.7. The van der Waals surface area contributed by atoms with Gasteiger partial charge >= 0.3 is 0 Å². The van der Waals surface area contributed by atoms with Gasteiger partial charge < -0.3 is 10.6 Å². The third-order valence-corrected chi connectivity index (χ3v) is 6.44. The van der Waals surface area contributed by atoms with Crippen LogP contribution in [0.2, 0.25) is 0 Å². The zero-order valence-corrected chi connectivity index (χ0v) is 18.5. The second-order valence-electron chi connectivity index (χ2n) is 7.67. The molecule has 0 saturated heterocycles. The highest BCUT2D eigenvalue weighted by molar-refractivity contribution is 7.13. The van der Waals surface area contributed by atoms with Gasteiger partial charge in [0.05, 0.1) is 11.7 Å². The second kappa shape index (κ2) is 8.88. The van der Waals surface area contributed by atoms with E-state index in [1.807, 2.05) is 46.5 Å². The molecule has 1 aromatic carbocycles. The standard InChI is InChI=1S/C23H23N7OS/c1-24-21(31)18-13-20(30(29-18)16-9-5-6-10-16)28-23-25-12-11-17(27-23)19-14-32-22(26-19)15-7-3-2-4-8-15/h2-4,7-8,11-14,16H,5-6,9-10H2,1H3,(H,24,31)(H,25,27,28). The molecule has 1 aliphatic rings. The fraction of sp³-hybridized carbons (Fsp3) is 0.261. The summed E-state index contributed by atoms with van der Waals surface area (Å²) in [5.41, 5.74) is 3.00. The average molecular weight is 446 g/mol. The zero-order chi connectivity index (χ0) is 21.9. The van der Waals surface area contributed by atoms with Crippen LogP contribution in [0.15, 0.2) is 54.0 Å². The van der Waals surface area contributed by atoms with Crippen molar-refractivity contribution in [1.82, 2.24) is 30.0 Å². The van der Waals surface area contributed by atoms with Crippen LogP contribution in [0.3, 0.4) is 0 Å². The molecule has 32 heavy (non-hydrogen) atoms. The summed E-state index contributed by atoms with van der Waals surface area (Å²) in [7, 11) is 1.61. The van der Waals surface area contributed by atoms with Crippen molar-refractivity contribution in [2.24, 2.45) is 0 Å². The van der Waals surface area contributed by atoms with Gasteiger partial charge in [0.1, 0.15) is 16.5 Å². The van der Waals surface area contributed by atoms with Gasteiger partial charge in [-0.2, -0.15) is 5.10 Å². The van der Waals surface area contributed by atoms with Crippen LogP contribution in [-0.2, 0) is 0 Å². The van der Waals surface area contributed by atoms with Crippen molar-refractivity contribution in [2.75, 3.05) is 12.4 Å². The molecule has 162 valence electrons. The number of anilines is 2. The minimum Gasteiger partial charge on any atom is -0.354 e. The quantitative estimate of drug-likeness (QED) is 0.447. The maximum absolute atomic E-state index is 12.2. The number of hydrogen-bond acceptors (Lipinski definition) is 7. The van der Waals surface area contributed by atoms with Crippen molar-refractivity contribution in [3.05, 3.63) is 59.7 Å². The Bertz CT molecular complexity index is 1230. The maximum Gasteiger partial charge on any atom is 0.271 e. The molecule has 1 aliphatic carbocycles. The predicted molar refractivity (Wildman–Crippen MR) is 125 cm³/mol. The minimum absolute atomic E-state index is 0.213. The van der Waals surface area contributed by atoms with Gasteiger partial charge in [-0.05, 0) is 18.9 Å². The molecular weight excluding hydrogens is 422 g/mol. The van der Waals surface area contributed by atoms with E-state index in [2.05, 4.69) is 25.7 Å². The molecule has 3 heterocycles. The van der Waals surface area contributed by atoms with E-state index in [4.69, 9.17) is 4.98 Å². The fourth-order valence-electron chi connectivity index (χ4n) is 3.93. The number of benzene rings is 1. The Labute approximate surface area is 189 Å². The van der Waals surface area contributed by atoms with Gasteiger partial charge in [-0.3, -0.25) is 4.79 Å². The molecule has 9 heteroatoms. The maximum atomic E-state index is 12.2. The summed E-state index contributed by atoms with van der Waals surface area (Å²) in [5, 5.41) is 13.4. The van der Waals surface area contributed by atoms with Crippen LogP contribution in [0, 0.1) is 0 Å². The summed E-state index contributed by atoms with van der Waals surface area (Å²) in [6, 6.07) is 14.0. The molecule has 5 rings (SSSR count). The molecule has 0 spiro atoms. The molecule has 2 N–H and O–H groups in total. The Morgan fingerprint density at radius 1 is 1.09 bits per heavy atom. The highest BCUT2D eigenvalue weighted by atomic mass is 32.1. The Morgan fingerprint density at radius 3 is 2.69 bits per heavy atom. The first kappa shape index (κ1) is 20.3. The van der Waals surface area contributed by atoms with Crippen LogP contribution in [0.25, 0.3) is 22.0 Å². The number of rotatable bonds is 6. The highest BCUT2D eigenvalue weighted by Crippen LogP contribution is 2.33. The second-order valence-corrected chi connectivity index (χ2v) is 8.53. The topological polar surface area (TPSA) is 97.6 Å². The summed E-state index contributed by atoms with van der Waals surface area (Å²) < 4.78 is 1.91. The van der Waals surface area contributed by atoms with Crippen LogP contribution >= 0.6 is 11.3 Å². The summed E-state index contributed by atoms with van der Waals surface area (Å²) in [6.07, 6.45) is 6.14. The van der Waals surface area contributed by atoms with Gasteiger partial charge in [0.2, 0.25) is 5.95 Å². The molecule has 0 aliphatic heterocycles. The van der Waals surface area contributed by atoms with E-state index in [0.717, 1.165) is 40.6 Å². The van der Waals surface area contributed by atoms with E-state index < -0.39 is 0 Å². The SMILES string of the molecule is CNC(=O)c1cc(Nc2nccc(-c3csc(-c4ccccc4)n3)n2)n(C2CCCC2)n1. The lowest BCUT2D eigenvalue weighted by molar-refractivity contribution is 0.0957. The monoisotopic (exact) mass is 445 g/mol. The molecule has 0 radical (unpaired) electrons. The van der Waals surface area contributed by atoms with Crippen molar-refractivity contribution in [3.63, 3.8) is 0 Å². The first-order valence-electron chi connectivity index (χ1n) is 10.6. The molecule has 4 aromatic rings. The van der Waals surface area contributed by atoms with E-state index in [1.54, 1.807) is 30.6 Å². The molecule has 0 unspecified atom stereocenters. The van der Waals surface area contributed by atoms with Gasteiger partial charge in [0.15, 0.2) is 5.69 Å². The summed E-state index contributed by atoms with van der Waals surface area (Å²) in [4.78, 5) is 25.9. The number of carbonyl (C=O) groups is 1. The molecule has 1 fully saturated rings. The smallest absolute Gasteiger partial charge is 0.271 e. The molecule has 8 nitrogen and oxygen atoms in total. The molecule has 3 aromatic heterocycles. The Hall–Kier alpha value is -3.59.